The third kappa shape index (κ3) is 12.8. The average Bonchev–Trinajstić information content (AvgIpc) is 2.91. The first kappa shape index (κ1) is 35.8. The van der Waals surface area contributed by atoms with Crippen LogP contribution in [0.1, 0.15) is 95.8 Å². The van der Waals surface area contributed by atoms with E-state index in [0.717, 1.165) is 62.6 Å². The largest absolute Gasteiger partial charge is 0.465 e. The summed E-state index contributed by atoms with van der Waals surface area (Å²) in [5.41, 5.74) is -0.412. The van der Waals surface area contributed by atoms with Crippen LogP contribution in [0.2, 0.25) is 0 Å². The minimum Gasteiger partial charge on any atom is -0.465 e. The van der Waals surface area contributed by atoms with Gasteiger partial charge in [-0.3, -0.25) is 4.79 Å². The summed E-state index contributed by atoms with van der Waals surface area (Å²) in [6.45, 7) is 11.1. The highest BCUT2D eigenvalue weighted by molar-refractivity contribution is 5.86. The highest BCUT2D eigenvalue weighted by atomic mass is 19.3. The van der Waals surface area contributed by atoms with Gasteiger partial charge in [-0.25, -0.2) is 13.6 Å². The molecule has 2 aromatic rings. The van der Waals surface area contributed by atoms with Gasteiger partial charge in [0.1, 0.15) is 22.9 Å². The maximum absolute atomic E-state index is 14.8. The van der Waals surface area contributed by atoms with Crippen molar-refractivity contribution in [1.29, 1.82) is 0 Å². The summed E-state index contributed by atoms with van der Waals surface area (Å²) in [7, 11) is 0. The molecule has 2 rings (SSSR count). The topological polar surface area (TPSA) is 61.8 Å². The van der Waals surface area contributed by atoms with Crippen LogP contribution < -0.4 is 4.74 Å². The van der Waals surface area contributed by atoms with Crippen LogP contribution in [0.4, 0.5) is 17.6 Å². The van der Waals surface area contributed by atoms with Gasteiger partial charge >= 0.3 is 18.0 Å². The Bertz CT molecular complexity index is 1180. The molecular weight excluding hydrogens is 564 g/mol. The number of benzene rings is 2. The first-order valence-electron chi connectivity index (χ1n) is 14.8. The predicted octanol–water partition coefficient (Wildman–Crippen LogP) is 9.01. The maximum atomic E-state index is 14.8. The fraction of sp³-hybridized carbons (Fsp3) is 0.529. The van der Waals surface area contributed by atoms with E-state index in [1.807, 2.05) is 0 Å². The van der Waals surface area contributed by atoms with Crippen LogP contribution in [0, 0.1) is 17.0 Å². The van der Waals surface area contributed by atoms with Crippen LogP contribution in [0.3, 0.4) is 0 Å². The highest BCUT2D eigenvalue weighted by Gasteiger charge is 2.41. The van der Waals surface area contributed by atoms with E-state index in [1.165, 1.54) is 12.1 Å². The van der Waals surface area contributed by atoms with Gasteiger partial charge in [-0.1, -0.05) is 44.4 Å². The molecule has 238 valence electrons. The molecule has 0 saturated carbocycles. The van der Waals surface area contributed by atoms with E-state index >= 15 is 0 Å². The van der Waals surface area contributed by atoms with Gasteiger partial charge in [-0.05, 0) is 102 Å². The lowest BCUT2D eigenvalue weighted by atomic mass is 9.97. The summed E-state index contributed by atoms with van der Waals surface area (Å²) >= 11 is 0. The van der Waals surface area contributed by atoms with Gasteiger partial charge in [0.05, 0.1) is 18.6 Å². The summed E-state index contributed by atoms with van der Waals surface area (Å²) in [5.74, 6) is -3.59. The van der Waals surface area contributed by atoms with Crippen molar-refractivity contribution in [2.45, 2.75) is 98.0 Å². The smallest absolute Gasteiger partial charge is 0.432 e. The van der Waals surface area contributed by atoms with E-state index in [2.05, 4.69) is 6.58 Å². The highest BCUT2D eigenvalue weighted by Crippen LogP contribution is 2.36. The molecule has 0 aliphatic rings. The Hall–Kier alpha value is -3.36. The Kier molecular flexibility index (Phi) is 14.2. The second-order valence-electron chi connectivity index (χ2n) is 11.8. The number of hydrogen-bond donors (Lipinski definition) is 0. The van der Waals surface area contributed by atoms with E-state index in [9.17, 15) is 27.2 Å². The summed E-state index contributed by atoms with van der Waals surface area (Å²) in [6, 6.07) is 7.85. The number of carbonyl (C=O) groups is 2. The van der Waals surface area contributed by atoms with Crippen LogP contribution >= 0.6 is 0 Å². The van der Waals surface area contributed by atoms with Crippen molar-refractivity contribution in [3.05, 3.63) is 76.9 Å². The zero-order chi connectivity index (χ0) is 32.0. The molecule has 0 aliphatic heterocycles. The summed E-state index contributed by atoms with van der Waals surface area (Å²) in [5, 5.41) is 0. The van der Waals surface area contributed by atoms with Crippen LogP contribution in [-0.2, 0) is 38.0 Å². The number of unbranched alkanes of at least 4 members (excludes halogenated alkanes) is 6. The molecule has 0 spiro atoms. The van der Waals surface area contributed by atoms with Crippen LogP contribution in [0.15, 0.2) is 48.6 Å². The Morgan fingerprint density at radius 3 is 1.74 bits per heavy atom. The summed E-state index contributed by atoms with van der Waals surface area (Å²) in [6.07, 6.45) is 3.01. The van der Waals surface area contributed by atoms with E-state index < -0.39 is 34.7 Å². The number of ether oxygens (including phenoxy) is 3. The molecule has 0 atom stereocenters. The molecule has 43 heavy (non-hydrogen) atoms. The monoisotopic (exact) mass is 608 g/mol. The average molecular weight is 609 g/mol. The molecule has 0 amide bonds. The zero-order valence-electron chi connectivity index (χ0n) is 25.7. The van der Waals surface area contributed by atoms with Gasteiger partial charge in [0.15, 0.2) is 0 Å². The van der Waals surface area contributed by atoms with E-state index in [4.69, 9.17) is 14.2 Å². The maximum Gasteiger partial charge on any atom is 0.432 e. The molecule has 0 N–H and O–H groups in total. The molecule has 0 saturated heterocycles. The summed E-state index contributed by atoms with van der Waals surface area (Å²) < 4.78 is 74.0. The molecule has 0 fully saturated rings. The third-order valence-electron chi connectivity index (χ3n) is 6.71. The second kappa shape index (κ2) is 17.1. The van der Waals surface area contributed by atoms with Crippen LogP contribution in [-0.4, -0.2) is 25.2 Å². The molecule has 0 heterocycles. The SMILES string of the molecule is C=C(C)C(=O)OCCCCCCc1ccc(OC(F)(F)c2c(F)cc(CCCCCCOC(=O)C(C)(C)C)cc2F)cc1. The van der Waals surface area contributed by atoms with Crippen molar-refractivity contribution in [2.24, 2.45) is 5.41 Å². The number of hydrogen-bond acceptors (Lipinski definition) is 5. The molecule has 9 heteroatoms. The second-order valence-corrected chi connectivity index (χ2v) is 11.8. The van der Waals surface area contributed by atoms with Gasteiger partial charge in [0, 0.05) is 5.57 Å². The van der Waals surface area contributed by atoms with Gasteiger partial charge in [0.2, 0.25) is 0 Å². The normalized spacial score (nSPS) is 11.7. The Morgan fingerprint density at radius 1 is 0.744 bits per heavy atom. The van der Waals surface area contributed by atoms with Crippen molar-refractivity contribution in [3.63, 3.8) is 0 Å². The molecule has 0 aliphatic carbocycles. The number of aryl methyl sites for hydroxylation is 2. The number of halogens is 4. The lowest BCUT2D eigenvalue weighted by Crippen LogP contribution is -2.25. The molecule has 5 nitrogen and oxygen atoms in total. The van der Waals surface area contributed by atoms with Crippen LogP contribution in [0.5, 0.6) is 5.75 Å². The molecule has 2 aromatic carbocycles. The van der Waals surface area contributed by atoms with Crippen molar-refractivity contribution in [1.82, 2.24) is 0 Å². The molecule has 0 bridgehead atoms. The predicted molar refractivity (Wildman–Crippen MR) is 158 cm³/mol. The third-order valence-corrected chi connectivity index (χ3v) is 6.71. The van der Waals surface area contributed by atoms with Gasteiger partial charge in [-0.15, -0.1) is 0 Å². The Labute approximate surface area is 252 Å². The fourth-order valence-electron chi connectivity index (χ4n) is 4.21. The van der Waals surface area contributed by atoms with Crippen molar-refractivity contribution < 1.29 is 41.4 Å². The number of alkyl halides is 2. The fourth-order valence-corrected chi connectivity index (χ4v) is 4.21. The zero-order valence-corrected chi connectivity index (χ0v) is 25.7. The number of rotatable bonds is 18. The minimum atomic E-state index is -4.20. The standard InChI is InChI=1S/C34H44F4O5/c1-24(2)31(39)41-20-12-8-6-10-14-25-16-18-27(19-17-25)43-34(37,38)30-28(35)22-26(23-29(30)36)15-11-7-9-13-21-42-32(40)33(3,4)5/h16-19,22-23H,1,6-15,20-21H2,2-5H3. The first-order valence-corrected chi connectivity index (χ1v) is 14.8. The van der Waals surface area contributed by atoms with E-state index in [1.54, 1.807) is 39.8 Å². The molecule has 0 aromatic heterocycles. The van der Waals surface area contributed by atoms with E-state index in [0.29, 0.717) is 38.0 Å². The van der Waals surface area contributed by atoms with Gasteiger partial charge in [0.25, 0.3) is 0 Å². The Morgan fingerprint density at radius 2 is 1.23 bits per heavy atom. The van der Waals surface area contributed by atoms with Crippen LogP contribution in [0.25, 0.3) is 0 Å². The lowest BCUT2D eigenvalue weighted by molar-refractivity contribution is -0.189. The molecule has 0 unspecified atom stereocenters. The number of esters is 2. The van der Waals surface area contributed by atoms with E-state index in [-0.39, 0.29) is 17.3 Å². The molecule has 0 radical (unpaired) electrons. The summed E-state index contributed by atoms with van der Waals surface area (Å²) in [4.78, 5) is 23.1. The van der Waals surface area contributed by atoms with Crippen molar-refractivity contribution in [2.75, 3.05) is 13.2 Å². The van der Waals surface area contributed by atoms with Gasteiger partial charge in [-0.2, -0.15) is 8.78 Å². The quantitative estimate of drug-likeness (QED) is 0.0732. The number of carbonyl (C=O) groups excluding carboxylic acids is 2. The minimum absolute atomic E-state index is 0.205. The molecular formula is C34H44F4O5. The van der Waals surface area contributed by atoms with Crippen molar-refractivity contribution >= 4 is 11.9 Å². The first-order chi connectivity index (χ1) is 20.2. The lowest BCUT2D eigenvalue weighted by Gasteiger charge is -2.20. The Balaban J connectivity index is 1.78. The van der Waals surface area contributed by atoms with Gasteiger partial charge < -0.3 is 14.2 Å². The van der Waals surface area contributed by atoms with Crippen molar-refractivity contribution in [3.8, 4) is 5.75 Å².